The number of hydrogen-bond donors (Lipinski definition) is 0. The van der Waals surface area contributed by atoms with Crippen LogP contribution in [-0.2, 0) is 19.7 Å². The number of ether oxygens (including phenoxy) is 2. The van der Waals surface area contributed by atoms with Gasteiger partial charge in [-0.15, -0.1) is 0 Å². The van der Waals surface area contributed by atoms with E-state index in [-0.39, 0.29) is 11.9 Å². The first-order chi connectivity index (χ1) is 12.0. The van der Waals surface area contributed by atoms with Gasteiger partial charge in [0, 0.05) is 10.9 Å². The summed E-state index contributed by atoms with van der Waals surface area (Å²) in [6.45, 7) is 1.79. The van der Waals surface area contributed by atoms with Crippen molar-refractivity contribution in [2.24, 2.45) is 5.41 Å². The minimum atomic E-state index is -0.945. The van der Waals surface area contributed by atoms with Crippen molar-refractivity contribution in [3.8, 4) is 5.75 Å². The monoisotopic (exact) mass is 332 g/mol. The highest BCUT2D eigenvalue weighted by atomic mass is 16.5. The number of carbonyl (C=O) groups is 2. The van der Waals surface area contributed by atoms with Gasteiger partial charge in [-0.1, -0.05) is 48.5 Å². The predicted octanol–water partition coefficient (Wildman–Crippen LogP) is 3.73. The Hall–Kier alpha value is -2.88. The molecule has 1 saturated carbocycles. The van der Waals surface area contributed by atoms with Gasteiger partial charge >= 0.3 is 11.9 Å². The molecule has 124 valence electrons. The van der Waals surface area contributed by atoms with Gasteiger partial charge < -0.3 is 9.47 Å². The van der Waals surface area contributed by atoms with Gasteiger partial charge in [0.25, 0.3) is 0 Å². The molecule has 1 spiro atoms. The predicted molar refractivity (Wildman–Crippen MR) is 93.5 cm³/mol. The quantitative estimate of drug-likeness (QED) is 0.387. The maximum absolute atomic E-state index is 12.9. The lowest BCUT2D eigenvalue weighted by molar-refractivity contribution is -0.150. The molecule has 25 heavy (non-hydrogen) atoms. The lowest BCUT2D eigenvalue weighted by atomic mass is 9.83. The summed E-state index contributed by atoms with van der Waals surface area (Å²) < 4.78 is 10.7. The summed E-state index contributed by atoms with van der Waals surface area (Å²) in [7, 11) is 1.36. The zero-order valence-electron chi connectivity index (χ0n) is 14.0. The molecule has 1 aliphatic carbocycles. The van der Waals surface area contributed by atoms with E-state index in [1.54, 1.807) is 6.92 Å². The first-order valence-electron chi connectivity index (χ1n) is 8.29. The molecule has 5 rings (SSSR count). The van der Waals surface area contributed by atoms with Gasteiger partial charge in [-0.05, 0) is 29.5 Å². The second-order valence-corrected chi connectivity index (χ2v) is 7.09. The lowest BCUT2D eigenvalue weighted by Crippen LogP contribution is -2.30. The van der Waals surface area contributed by atoms with Gasteiger partial charge in [-0.25, -0.2) is 0 Å². The molecular formula is C21H16O4. The van der Waals surface area contributed by atoms with Crippen LogP contribution < -0.4 is 4.74 Å². The third-order valence-corrected chi connectivity index (χ3v) is 5.93. The Labute approximate surface area is 144 Å². The van der Waals surface area contributed by atoms with Gasteiger partial charge in [-0.2, -0.15) is 0 Å². The van der Waals surface area contributed by atoms with Crippen LogP contribution in [0.4, 0.5) is 0 Å². The lowest BCUT2D eigenvalue weighted by Gasteiger charge is -2.16. The maximum Gasteiger partial charge on any atom is 0.323 e. The third-order valence-electron chi connectivity index (χ3n) is 5.93. The van der Waals surface area contributed by atoms with Crippen molar-refractivity contribution in [3.05, 3.63) is 54.1 Å². The van der Waals surface area contributed by atoms with Crippen LogP contribution in [0, 0.1) is 5.41 Å². The Kier molecular flexibility index (Phi) is 2.54. The molecule has 0 amide bonds. The minimum absolute atomic E-state index is 0.350. The molecule has 0 radical (unpaired) electrons. The van der Waals surface area contributed by atoms with Gasteiger partial charge in [0.15, 0.2) is 0 Å². The van der Waals surface area contributed by atoms with Gasteiger partial charge in [0.2, 0.25) is 0 Å². The average Bonchev–Trinajstić information content (AvgIpc) is 3.18. The van der Waals surface area contributed by atoms with Crippen LogP contribution in [0.25, 0.3) is 21.5 Å². The Morgan fingerprint density at radius 2 is 1.56 bits per heavy atom. The highest BCUT2D eigenvalue weighted by Crippen LogP contribution is 2.71. The zero-order valence-corrected chi connectivity index (χ0v) is 14.0. The number of fused-ring (bicyclic) bond motifs is 7. The highest BCUT2D eigenvalue weighted by molar-refractivity contribution is 6.18. The van der Waals surface area contributed by atoms with Crippen LogP contribution >= 0.6 is 0 Å². The van der Waals surface area contributed by atoms with Gasteiger partial charge in [0.05, 0.1) is 12.5 Å². The van der Waals surface area contributed by atoms with Crippen LogP contribution in [-0.4, -0.2) is 19.0 Å². The molecule has 1 heterocycles. The highest BCUT2D eigenvalue weighted by Gasteiger charge is 2.79. The SMILES string of the molecule is COC(=O)[C@]1(C)C[C@]12C(=O)Oc1c2c2ccccc2c2ccccc12. The standard InChI is InChI=1S/C21H16O4/c1-20(18(22)24-2)11-21(20)16-14-9-5-3-7-12(14)13-8-4-6-10-15(13)17(16)25-19(21)23/h3-10H,11H2,1-2H3/t20-,21-/m0/s1. The molecule has 0 aromatic heterocycles. The van der Waals surface area contributed by atoms with Crippen molar-refractivity contribution in [2.75, 3.05) is 7.11 Å². The summed E-state index contributed by atoms with van der Waals surface area (Å²) in [6, 6.07) is 15.9. The fourth-order valence-corrected chi connectivity index (χ4v) is 4.54. The molecule has 3 aromatic rings. The van der Waals surface area contributed by atoms with Crippen molar-refractivity contribution in [3.63, 3.8) is 0 Å². The normalized spacial score (nSPS) is 26.7. The van der Waals surface area contributed by atoms with E-state index >= 15 is 0 Å². The van der Waals surface area contributed by atoms with E-state index in [0.717, 1.165) is 27.1 Å². The van der Waals surface area contributed by atoms with Gasteiger partial charge in [-0.3, -0.25) is 9.59 Å². The van der Waals surface area contributed by atoms with E-state index in [4.69, 9.17) is 9.47 Å². The second-order valence-electron chi connectivity index (χ2n) is 7.09. The smallest absolute Gasteiger partial charge is 0.323 e. The largest absolute Gasteiger partial charge is 0.469 e. The summed E-state index contributed by atoms with van der Waals surface area (Å²) in [6.07, 6.45) is 0.418. The minimum Gasteiger partial charge on any atom is -0.469 e. The van der Waals surface area contributed by atoms with E-state index in [9.17, 15) is 9.59 Å². The topological polar surface area (TPSA) is 52.6 Å². The van der Waals surface area contributed by atoms with Crippen molar-refractivity contribution in [1.82, 2.24) is 0 Å². The van der Waals surface area contributed by atoms with E-state index in [1.807, 2.05) is 48.5 Å². The molecule has 4 heteroatoms. The van der Waals surface area contributed by atoms with Crippen LogP contribution in [0.15, 0.2) is 48.5 Å². The zero-order chi connectivity index (χ0) is 17.4. The molecule has 0 unspecified atom stereocenters. The van der Waals surface area contributed by atoms with E-state index in [2.05, 4.69) is 0 Å². The van der Waals surface area contributed by atoms with Crippen molar-refractivity contribution in [2.45, 2.75) is 18.8 Å². The van der Waals surface area contributed by atoms with Crippen molar-refractivity contribution < 1.29 is 19.1 Å². The number of carbonyl (C=O) groups excluding carboxylic acids is 2. The number of hydrogen-bond acceptors (Lipinski definition) is 4. The third kappa shape index (κ3) is 1.48. The molecule has 1 aliphatic heterocycles. The molecule has 0 N–H and O–H groups in total. The molecule has 0 bridgehead atoms. The molecule has 3 aromatic carbocycles. The van der Waals surface area contributed by atoms with Crippen LogP contribution in [0.3, 0.4) is 0 Å². The maximum atomic E-state index is 12.9. The Morgan fingerprint density at radius 3 is 2.20 bits per heavy atom. The number of methoxy groups -OCH3 is 1. The first kappa shape index (κ1) is 14.5. The van der Waals surface area contributed by atoms with Crippen LogP contribution in [0.1, 0.15) is 18.9 Å². The molecule has 1 fully saturated rings. The summed E-state index contributed by atoms with van der Waals surface area (Å²) in [5.41, 5.74) is -0.992. The van der Waals surface area contributed by atoms with Crippen LogP contribution in [0.5, 0.6) is 5.75 Å². The first-order valence-corrected chi connectivity index (χ1v) is 8.29. The summed E-state index contributed by atoms with van der Waals surface area (Å²) in [4.78, 5) is 25.3. The number of esters is 2. The number of rotatable bonds is 1. The number of benzene rings is 3. The van der Waals surface area contributed by atoms with E-state index in [0.29, 0.717) is 12.2 Å². The summed E-state index contributed by atoms with van der Waals surface area (Å²) >= 11 is 0. The van der Waals surface area contributed by atoms with Gasteiger partial charge in [0.1, 0.15) is 11.2 Å². The fourth-order valence-electron chi connectivity index (χ4n) is 4.54. The van der Waals surface area contributed by atoms with E-state index in [1.165, 1.54) is 7.11 Å². The van der Waals surface area contributed by atoms with Crippen molar-refractivity contribution in [1.29, 1.82) is 0 Å². The molecule has 2 aliphatic rings. The Balaban J connectivity index is 1.93. The van der Waals surface area contributed by atoms with E-state index < -0.39 is 10.8 Å². The molecule has 0 saturated heterocycles. The Morgan fingerprint density at radius 1 is 1.00 bits per heavy atom. The molecular weight excluding hydrogens is 316 g/mol. The summed E-state index contributed by atoms with van der Waals surface area (Å²) in [5, 5.41) is 3.98. The summed E-state index contributed by atoms with van der Waals surface area (Å²) in [5.74, 6) is -0.127. The van der Waals surface area contributed by atoms with Crippen LogP contribution in [0.2, 0.25) is 0 Å². The Bertz CT molecular complexity index is 1100. The average molecular weight is 332 g/mol. The molecule has 2 atom stereocenters. The van der Waals surface area contributed by atoms with Crippen molar-refractivity contribution >= 4 is 33.5 Å². The molecule has 4 nitrogen and oxygen atoms in total. The second kappa shape index (κ2) is 4.39. The fraction of sp³-hybridized carbons (Fsp3) is 0.238.